The molecule has 234 valence electrons. The number of carbonyl (C=O) groups is 2. The van der Waals surface area contributed by atoms with Crippen LogP contribution in [0.15, 0.2) is 120 Å². The Kier molecular flexibility index (Phi) is 8.44. The first kappa shape index (κ1) is 29.9. The van der Waals surface area contributed by atoms with Crippen LogP contribution >= 0.6 is 0 Å². The van der Waals surface area contributed by atoms with E-state index in [1.165, 1.54) is 0 Å². The third-order valence-electron chi connectivity index (χ3n) is 8.41. The maximum atomic E-state index is 13.4. The normalized spacial score (nSPS) is 13.4. The Hall–Kier alpha value is -5.80. The quantitative estimate of drug-likeness (QED) is 0.186. The summed E-state index contributed by atoms with van der Waals surface area (Å²) in [6.07, 6.45) is 1.68. The number of carbonyl (C=O) groups excluding carboxylic acids is 2. The van der Waals surface area contributed by atoms with Crippen molar-refractivity contribution in [2.45, 2.75) is 13.5 Å². The van der Waals surface area contributed by atoms with E-state index >= 15 is 0 Å². The molecular formula is C38H34N6O3. The molecule has 0 spiro atoms. The maximum Gasteiger partial charge on any atom is 0.255 e. The summed E-state index contributed by atoms with van der Waals surface area (Å²) in [6.45, 7) is 5.46. The molecule has 1 saturated heterocycles. The van der Waals surface area contributed by atoms with E-state index in [0.29, 0.717) is 35.9 Å². The Morgan fingerprint density at radius 2 is 1.53 bits per heavy atom. The van der Waals surface area contributed by atoms with Crippen LogP contribution in [0.5, 0.6) is 0 Å². The summed E-state index contributed by atoms with van der Waals surface area (Å²) in [4.78, 5) is 40.3. The summed E-state index contributed by atoms with van der Waals surface area (Å²) >= 11 is 0. The summed E-state index contributed by atoms with van der Waals surface area (Å²) in [5.74, 6) is 1.09. The number of nitrogens with one attached hydrogen (secondary N) is 2. The predicted molar refractivity (Wildman–Crippen MR) is 184 cm³/mol. The third kappa shape index (κ3) is 6.75. The van der Waals surface area contributed by atoms with E-state index in [2.05, 4.69) is 15.5 Å². The van der Waals surface area contributed by atoms with Crippen molar-refractivity contribution in [2.75, 3.05) is 36.8 Å². The van der Waals surface area contributed by atoms with Crippen molar-refractivity contribution in [3.8, 4) is 11.3 Å². The minimum Gasteiger partial charge on any atom is -0.468 e. The van der Waals surface area contributed by atoms with Crippen LogP contribution in [0.2, 0.25) is 0 Å². The van der Waals surface area contributed by atoms with E-state index in [0.717, 1.165) is 58.8 Å². The van der Waals surface area contributed by atoms with Crippen molar-refractivity contribution in [1.29, 1.82) is 0 Å². The molecule has 0 bridgehead atoms. The van der Waals surface area contributed by atoms with Crippen molar-refractivity contribution in [3.63, 3.8) is 0 Å². The monoisotopic (exact) mass is 622 g/mol. The maximum absolute atomic E-state index is 13.4. The minimum absolute atomic E-state index is 0.0418. The first-order valence-corrected chi connectivity index (χ1v) is 15.7. The van der Waals surface area contributed by atoms with Gasteiger partial charge in [-0.15, -0.1) is 0 Å². The fraction of sp³-hybridized carbons (Fsp3) is 0.158. The van der Waals surface area contributed by atoms with Gasteiger partial charge in [0.15, 0.2) is 0 Å². The SMILES string of the molecule is Cc1ccc(C(=O)N2CCN(Cc3ccco3)CC2)cc1NC(=O)c1ccc(Nc2nc(-c3ccccc3)c3ccccc3n2)cc1. The van der Waals surface area contributed by atoms with Gasteiger partial charge in [-0.25, -0.2) is 9.97 Å². The van der Waals surface area contributed by atoms with E-state index in [-0.39, 0.29) is 11.8 Å². The number of aryl methyl sites for hydroxylation is 1. The van der Waals surface area contributed by atoms with E-state index < -0.39 is 0 Å². The topological polar surface area (TPSA) is 104 Å². The second kappa shape index (κ2) is 13.3. The van der Waals surface area contributed by atoms with Crippen LogP contribution in [-0.2, 0) is 6.54 Å². The minimum atomic E-state index is -0.260. The summed E-state index contributed by atoms with van der Waals surface area (Å²) in [5.41, 5.74) is 5.96. The highest BCUT2D eigenvalue weighted by Crippen LogP contribution is 2.28. The number of furan rings is 1. The van der Waals surface area contributed by atoms with E-state index in [4.69, 9.17) is 14.4 Å². The first-order chi connectivity index (χ1) is 23.0. The van der Waals surface area contributed by atoms with Crippen LogP contribution in [0.4, 0.5) is 17.3 Å². The number of amides is 2. The van der Waals surface area contributed by atoms with Gasteiger partial charge in [0.05, 0.1) is 24.0 Å². The van der Waals surface area contributed by atoms with Gasteiger partial charge in [-0.05, 0) is 67.1 Å². The van der Waals surface area contributed by atoms with Crippen LogP contribution in [0.1, 0.15) is 32.0 Å². The molecule has 47 heavy (non-hydrogen) atoms. The van der Waals surface area contributed by atoms with Gasteiger partial charge in [-0.1, -0.05) is 54.6 Å². The Bertz CT molecular complexity index is 2020. The zero-order chi connectivity index (χ0) is 32.2. The molecule has 1 aliphatic heterocycles. The molecule has 7 rings (SSSR count). The van der Waals surface area contributed by atoms with Gasteiger partial charge >= 0.3 is 0 Å². The number of benzene rings is 4. The molecule has 0 unspecified atom stereocenters. The van der Waals surface area contributed by atoms with Crippen LogP contribution < -0.4 is 10.6 Å². The highest BCUT2D eigenvalue weighted by atomic mass is 16.3. The third-order valence-corrected chi connectivity index (χ3v) is 8.41. The molecule has 2 amide bonds. The lowest BCUT2D eigenvalue weighted by Gasteiger charge is -2.34. The van der Waals surface area contributed by atoms with Crippen molar-refractivity contribution >= 4 is 40.0 Å². The average Bonchev–Trinajstić information content (AvgIpc) is 3.63. The van der Waals surface area contributed by atoms with Crippen LogP contribution in [-0.4, -0.2) is 57.8 Å². The van der Waals surface area contributed by atoms with E-state index in [9.17, 15) is 9.59 Å². The fourth-order valence-electron chi connectivity index (χ4n) is 5.78. The van der Waals surface area contributed by atoms with Crippen molar-refractivity contribution < 1.29 is 14.0 Å². The highest BCUT2D eigenvalue weighted by Gasteiger charge is 2.23. The molecule has 0 saturated carbocycles. The van der Waals surface area contributed by atoms with Gasteiger partial charge in [-0.3, -0.25) is 14.5 Å². The molecule has 2 N–H and O–H groups in total. The second-order valence-corrected chi connectivity index (χ2v) is 11.6. The number of para-hydroxylation sites is 1. The number of hydrogen-bond acceptors (Lipinski definition) is 7. The van der Waals surface area contributed by atoms with Gasteiger partial charge in [0.25, 0.3) is 11.8 Å². The standard InChI is InChI=1S/C38H34N6O3/c1-26-13-14-29(37(46)44-21-19-43(20-22-44)25-31-10-7-23-47-31)24-34(26)40-36(45)28-15-17-30(18-16-28)39-38-41-33-12-6-5-11-32(33)35(42-38)27-8-3-2-4-9-27/h2-18,23-24H,19-22,25H2,1H3,(H,40,45)(H,39,41,42). The second-order valence-electron chi connectivity index (χ2n) is 11.6. The first-order valence-electron chi connectivity index (χ1n) is 15.7. The number of nitrogens with zero attached hydrogens (tertiary/aromatic N) is 4. The Balaban J connectivity index is 1.01. The number of anilines is 3. The Morgan fingerprint density at radius 1 is 0.787 bits per heavy atom. The van der Waals surface area contributed by atoms with Crippen molar-refractivity contribution in [3.05, 3.63) is 138 Å². The van der Waals surface area contributed by atoms with Gasteiger partial charge in [0.1, 0.15) is 5.76 Å². The number of aromatic nitrogens is 2. The molecule has 0 radical (unpaired) electrons. The van der Waals surface area contributed by atoms with Crippen LogP contribution in [0.3, 0.4) is 0 Å². The van der Waals surface area contributed by atoms with E-state index in [1.807, 2.05) is 103 Å². The molecular weight excluding hydrogens is 588 g/mol. The van der Waals surface area contributed by atoms with Gasteiger partial charge < -0.3 is 20.0 Å². The molecule has 9 heteroatoms. The summed E-state index contributed by atoms with van der Waals surface area (Å²) in [7, 11) is 0. The highest BCUT2D eigenvalue weighted by molar-refractivity contribution is 6.06. The smallest absolute Gasteiger partial charge is 0.255 e. The van der Waals surface area contributed by atoms with Crippen LogP contribution in [0.25, 0.3) is 22.2 Å². The lowest BCUT2D eigenvalue weighted by atomic mass is 10.1. The molecule has 3 heterocycles. The van der Waals surface area contributed by atoms with Gasteiger partial charge in [0, 0.05) is 59.6 Å². The summed E-state index contributed by atoms with van der Waals surface area (Å²) in [6, 6.07) is 34.4. The lowest BCUT2D eigenvalue weighted by molar-refractivity contribution is 0.0620. The summed E-state index contributed by atoms with van der Waals surface area (Å²) in [5, 5.41) is 7.26. The molecule has 4 aromatic carbocycles. The predicted octanol–water partition coefficient (Wildman–Crippen LogP) is 7.15. The van der Waals surface area contributed by atoms with Gasteiger partial charge in [-0.2, -0.15) is 0 Å². The number of rotatable bonds is 8. The van der Waals surface area contributed by atoms with E-state index in [1.54, 1.807) is 24.5 Å². The zero-order valence-corrected chi connectivity index (χ0v) is 26.0. The summed E-state index contributed by atoms with van der Waals surface area (Å²) < 4.78 is 5.46. The molecule has 1 fully saturated rings. The average molecular weight is 623 g/mol. The number of hydrogen-bond donors (Lipinski definition) is 2. The fourth-order valence-corrected chi connectivity index (χ4v) is 5.78. The largest absolute Gasteiger partial charge is 0.468 e. The Labute approximate surface area is 272 Å². The molecule has 0 atom stereocenters. The van der Waals surface area contributed by atoms with Crippen molar-refractivity contribution in [2.24, 2.45) is 0 Å². The van der Waals surface area contributed by atoms with Crippen LogP contribution in [0, 0.1) is 6.92 Å². The zero-order valence-electron chi connectivity index (χ0n) is 26.0. The molecule has 2 aromatic heterocycles. The molecule has 1 aliphatic rings. The molecule has 0 aliphatic carbocycles. The number of fused-ring (bicyclic) bond motifs is 1. The lowest BCUT2D eigenvalue weighted by Crippen LogP contribution is -2.48. The van der Waals surface area contributed by atoms with Gasteiger partial charge in [0.2, 0.25) is 5.95 Å². The molecule has 9 nitrogen and oxygen atoms in total. The van der Waals surface area contributed by atoms with Crippen molar-refractivity contribution in [1.82, 2.24) is 19.8 Å². The number of piperazine rings is 1. The molecule has 6 aromatic rings. The Morgan fingerprint density at radius 3 is 2.30 bits per heavy atom.